The molecule has 1 fully saturated rings. The fourth-order valence-electron chi connectivity index (χ4n) is 3.90. The van der Waals surface area contributed by atoms with Crippen molar-refractivity contribution in [2.75, 3.05) is 47.0 Å². The third-order valence-corrected chi connectivity index (χ3v) is 5.84. The van der Waals surface area contributed by atoms with E-state index in [-0.39, 0.29) is 23.8 Å². The van der Waals surface area contributed by atoms with E-state index >= 15 is 0 Å². The van der Waals surface area contributed by atoms with Crippen molar-refractivity contribution in [3.8, 4) is 17.2 Å². The number of piperazine rings is 1. The largest absolute Gasteiger partial charge is 0.493 e. The van der Waals surface area contributed by atoms with Gasteiger partial charge >= 0.3 is 0 Å². The van der Waals surface area contributed by atoms with Gasteiger partial charge in [0.2, 0.25) is 0 Å². The van der Waals surface area contributed by atoms with Gasteiger partial charge in [0.15, 0.2) is 18.1 Å². The predicted octanol–water partition coefficient (Wildman–Crippen LogP) is 3.67. The predicted molar refractivity (Wildman–Crippen MR) is 127 cm³/mol. The molecule has 7 heteroatoms. The average molecular weight is 455 g/mol. The normalized spacial score (nSPS) is 14.1. The summed E-state index contributed by atoms with van der Waals surface area (Å²) in [6.45, 7) is 10.3. The highest BCUT2D eigenvalue weighted by atomic mass is 16.5. The Balaban J connectivity index is 1.57. The summed E-state index contributed by atoms with van der Waals surface area (Å²) in [5.41, 5.74) is 2.69. The van der Waals surface area contributed by atoms with Crippen LogP contribution in [-0.2, 0) is 10.2 Å². The molecule has 7 nitrogen and oxygen atoms in total. The Labute approximate surface area is 196 Å². The average Bonchev–Trinajstić information content (AvgIpc) is 2.81. The Morgan fingerprint density at radius 1 is 0.848 bits per heavy atom. The molecule has 2 aromatic rings. The second kappa shape index (κ2) is 10.1. The van der Waals surface area contributed by atoms with Gasteiger partial charge in [-0.15, -0.1) is 0 Å². The lowest BCUT2D eigenvalue weighted by atomic mass is 9.85. The van der Waals surface area contributed by atoms with E-state index < -0.39 is 0 Å². The molecule has 1 aliphatic rings. The Hall–Kier alpha value is -3.22. The van der Waals surface area contributed by atoms with Gasteiger partial charge in [-0.05, 0) is 42.2 Å². The number of hydrogen-bond acceptors (Lipinski definition) is 5. The van der Waals surface area contributed by atoms with E-state index in [9.17, 15) is 9.59 Å². The van der Waals surface area contributed by atoms with Gasteiger partial charge in [0, 0.05) is 31.7 Å². The summed E-state index contributed by atoms with van der Waals surface area (Å²) in [5, 5.41) is 0. The summed E-state index contributed by atoms with van der Waals surface area (Å²) < 4.78 is 16.5. The first-order valence-corrected chi connectivity index (χ1v) is 11.2. The van der Waals surface area contributed by atoms with Gasteiger partial charge in [0.25, 0.3) is 11.8 Å². The maximum Gasteiger partial charge on any atom is 0.260 e. The van der Waals surface area contributed by atoms with E-state index in [1.807, 2.05) is 19.1 Å². The van der Waals surface area contributed by atoms with Crippen molar-refractivity contribution in [2.24, 2.45) is 0 Å². The number of aryl methyl sites for hydroxylation is 1. The van der Waals surface area contributed by atoms with Gasteiger partial charge in [-0.3, -0.25) is 9.59 Å². The molecular weight excluding hydrogens is 420 g/mol. The van der Waals surface area contributed by atoms with Gasteiger partial charge < -0.3 is 24.0 Å². The van der Waals surface area contributed by atoms with Gasteiger partial charge in [0.05, 0.1) is 14.2 Å². The summed E-state index contributed by atoms with van der Waals surface area (Å²) in [7, 11) is 3.10. The molecule has 0 aromatic heterocycles. The van der Waals surface area contributed by atoms with Crippen LogP contribution in [0.1, 0.15) is 42.3 Å². The molecule has 0 unspecified atom stereocenters. The van der Waals surface area contributed by atoms with Crippen LogP contribution in [0.5, 0.6) is 17.2 Å². The summed E-state index contributed by atoms with van der Waals surface area (Å²) >= 11 is 0. The number of rotatable bonds is 6. The van der Waals surface area contributed by atoms with Crippen molar-refractivity contribution in [1.29, 1.82) is 0 Å². The van der Waals surface area contributed by atoms with E-state index in [4.69, 9.17) is 14.2 Å². The molecule has 0 aliphatic carbocycles. The number of carbonyl (C=O) groups is 2. The van der Waals surface area contributed by atoms with Gasteiger partial charge in [-0.25, -0.2) is 0 Å². The second-order valence-electron chi connectivity index (χ2n) is 9.28. The molecule has 0 radical (unpaired) electrons. The standard InChI is InChI=1S/C26H34N2O5/c1-18-7-9-21(20(15-18)26(2,3)4)33-17-24(29)27-11-13-28(14-12-27)25(30)19-8-10-22(31-5)23(16-19)32-6/h7-10,15-16H,11-14,17H2,1-6H3. The molecule has 0 N–H and O–H groups in total. The third-order valence-electron chi connectivity index (χ3n) is 5.84. The summed E-state index contributed by atoms with van der Waals surface area (Å²) in [4.78, 5) is 29.2. The molecule has 3 rings (SSSR count). The number of ether oxygens (including phenoxy) is 3. The number of amides is 2. The zero-order valence-corrected chi connectivity index (χ0v) is 20.4. The monoisotopic (exact) mass is 454 g/mol. The lowest BCUT2D eigenvalue weighted by Gasteiger charge is -2.35. The van der Waals surface area contributed by atoms with Crippen LogP contribution in [-0.4, -0.2) is 68.6 Å². The molecule has 0 saturated carbocycles. The van der Waals surface area contributed by atoms with Crippen molar-refractivity contribution in [3.05, 3.63) is 53.1 Å². The van der Waals surface area contributed by atoms with Crippen molar-refractivity contribution in [3.63, 3.8) is 0 Å². The summed E-state index contributed by atoms with van der Waals surface area (Å²) in [6, 6.07) is 11.2. The van der Waals surface area contributed by atoms with Crippen LogP contribution in [0.25, 0.3) is 0 Å². The van der Waals surface area contributed by atoms with E-state index in [1.165, 1.54) is 0 Å². The van der Waals surface area contributed by atoms with Crippen LogP contribution in [0.2, 0.25) is 0 Å². The van der Waals surface area contributed by atoms with Crippen LogP contribution in [0.3, 0.4) is 0 Å². The Kier molecular flexibility index (Phi) is 7.51. The third kappa shape index (κ3) is 5.78. The first kappa shape index (κ1) is 24.4. The molecule has 1 heterocycles. The number of nitrogens with zero attached hydrogens (tertiary/aromatic N) is 2. The summed E-state index contributed by atoms with van der Waals surface area (Å²) in [5.74, 6) is 1.67. The van der Waals surface area contributed by atoms with Crippen LogP contribution in [0.15, 0.2) is 36.4 Å². The number of benzene rings is 2. The van der Waals surface area contributed by atoms with E-state index in [0.717, 1.165) is 16.9 Å². The highest BCUT2D eigenvalue weighted by molar-refractivity contribution is 5.95. The van der Waals surface area contributed by atoms with Crippen molar-refractivity contribution in [2.45, 2.75) is 33.1 Å². The maximum absolute atomic E-state index is 12.9. The highest BCUT2D eigenvalue weighted by Crippen LogP contribution is 2.32. The topological polar surface area (TPSA) is 68.3 Å². The smallest absolute Gasteiger partial charge is 0.260 e. The molecule has 1 aliphatic heterocycles. The fraction of sp³-hybridized carbons (Fsp3) is 0.462. The molecule has 0 spiro atoms. The van der Waals surface area contributed by atoms with E-state index in [0.29, 0.717) is 43.2 Å². The van der Waals surface area contributed by atoms with Crippen LogP contribution < -0.4 is 14.2 Å². The Morgan fingerprint density at radius 3 is 2.06 bits per heavy atom. The van der Waals surface area contributed by atoms with Crippen LogP contribution >= 0.6 is 0 Å². The Bertz CT molecular complexity index is 1000. The minimum Gasteiger partial charge on any atom is -0.493 e. The van der Waals surface area contributed by atoms with Crippen molar-refractivity contribution < 1.29 is 23.8 Å². The lowest BCUT2D eigenvalue weighted by Crippen LogP contribution is -2.51. The molecule has 2 amide bonds. The van der Waals surface area contributed by atoms with Crippen LogP contribution in [0.4, 0.5) is 0 Å². The van der Waals surface area contributed by atoms with E-state index in [1.54, 1.807) is 42.2 Å². The van der Waals surface area contributed by atoms with Crippen molar-refractivity contribution >= 4 is 11.8 Å². The minimum atomic E-state index is -0.0891. The molecule has 33 heavy (non-hydrogen) atoms. The van der Waals surface area contributed by atoms with Gasteiger partial charge in [-0.1, -0.05) is 38.5 Å². The van der Waals surface area contributed by atoms with Crippen LogP contribution in [0, 0.1) is 6.92 Å². The number of methoxy groups -OCH3 is 2. The molecule has 178 valence electrons. The fourth-order valence-corrected chi connectivity index (χ4v) is 3.90. The highest BCUT2D eigenvalue weighted by Gasteiger charge is 2.26. The zero-order valence-electron chi connectivity index (χ0n) is 20.4. The minimum absolute atomic E-state index is 0.0181. The number of hydrogen-bond donors (Lipinski definition) is 0. The molecule has 1 saturated heterocycles. The molecule has 0 atom stereocenters. The molecule has 2 aromatic carbocycles. The Morgan fingerprint density at radius 2 is 1.45 bits per heavy atom. The molecular formula is C26H34N2O5. The number of carbonyl (C=O) groups excluding carboxylic acids is 2. The maximum atomic E-state index is 12.9. The molecule has 0 bridgehead atoms. The second-order valence-corrected chi connectivity index (χ2v) is 9.28. The quantitative estimate of drug-likeness (QED) is 0.666. The SMILES string of the molecule is COc1ccc(C(=O)N2CCN(C(=O)COc3ccc(C)cc3C(C)(C)C)CC2)cc1OC. The first-order valence-electron chi connectivity index (χ1n) is 11.2. The summed E-state index contributed by atoms with van der Waals surface area (Å²) in [6.07, 6.45) is 0. The lowest BCUT2D eigenvalue weighted by molar-refractivity contribution is -0.134. The van der Waals surface area contributed by atoms with Gasteiger partial charge in [0.1, 0.15) is 5.75 Å². The first-order chi connectivity index (χ1) is 15.6. The van der Waals surface area contributed by atoms with E-state index in [2.05, 4.69) is 26.8 Å². The van der Waals surface area contributed by atoms with Gasteiger partial charge in [-0.2, -0.15) is 0 Å². The zero-order chi connectivity index (χ0) is 24.2. The van der Waals surface area contributed by atoms with Crippen molar-refractivity contribution in [1.82, 2.24) is 9.80 Å².